The molecule has 0 aromatic carbocycles. The van der Waals surface area contributed by atoms with E-state index in [9.17, 15) is 0 Å². The van der Waals surface area contributed by atoms with E-state index >= 15 is 0 Å². The highest BCUT2D eigenvalue weighted by Gasteiger charge is 2.31. The summed E-state index contributed by atoms with van der Waals surface area (Å²) in [6.07, 6.45) is 125. The van der Waals surface area contributed by atoms with Crippen molar-refractivity contribution in [3.63, 3.8) is 0 Å². The molecule has 0 aromatic rings. The van der Waals surface area contributed by atoms with Gasteiger partial charge < -0.3 is 0 Å². The van der Waals surface area contributed by atoms with Gasteiger partial charge in [-0.1, -0.05) is 263 Å². The summed E-state index contributed by atoms with van der Waals surface area (Å²) in [4.78, 5) is 0. The van der Waals surface area contributed by atoms with E-state index in [-0.39, 0.29) is 0 Å². The van der Waals surface area contributed by atoms with Gasteiger partial charge >= 0.3 is 0 Å². The first-order valence-electron chi connectivity index (χ1n) is 34.6. The molecule has 81 heavy (non-hydrogen) atoms. The molecule has 0 nitrogen and oxygen atoms in total. The van der Waals surface area contributed by atoms with Crippen LogP contribution in [0.3, 0.4) is 0 Å². The smallest absolute Gasteiger partial charge is 0.00169 e. The summed E-state index contributed by atoms with van der Waals surface area (Å²) in [5, 5.41) is 0. The first-order valence-corrected chi connectivity index (χ1v) is 34.6. The van der Waals surface area contributed by atoms with Gasteiger partial charge in [-0.05, 0) is 240 Å². The Morgan fingerprint density at radius 3 is 1.20 bits per heavy atom. The van der Waals surface area contributed by atoms with Gasteiger partial charge in [0.2, 0.25) is 0 Å². The molecule has 3 atom stereocenters. The fraction of sp³-hybridized carbons (Fsp3) is 0.580. The van der Waals surface area contributed by atoms with E-state index in [1.807, 2.05) is 59.8 Å². The first-order chi connectivity index (χ1) is 40.3. The number of rotatable bonds is 0. The minimum Gasteiger partial charge on any atom is -0.0885 e. The van der Waals surface area contributed by atoms with Crippen LogP contribution in [0.25, 0.3) is 0 Å². The maximum atomic E-state index is 2.52. The molecule has 16 rings (SSSR count). The first kappa shape index (κ1) is 65.7. The summed E-state index contributed by atoms with van der Waals surface area (Å²) in [7, 11) is 0. The molecule has 442 valence electrons. The molecular formula is C81H118. The maximum absolute atomic E-state index is 2.52. The predicted molar refractivity (Wildman–Crippen MR) is 361 cm³/mol. The largest absolute Gasteiger partial charge is 0.0885 e. The van der Waals surface area contributed by atoms with Crippen molar-refractivity contribution in [1.29, 1.82) is 0 Å². The van der Waals surface area contributed by atoms with Crippen LogP contribution in [0.4, 0.5) is 0 Å². The van der Waals surface area contributed by atoms with E-state index in [1.165, 1.54) is 224 Å². The van der Waals surface area contributed by atoms with Crippen molar-refractivity contribution in [1.82, 2.24) is 0 Å². The standard InChI is InChI=1S/C11H18.C10H16.C9H14.C8H10.C8H8.C7H12.C6H10.2C6H8.C5H8.C5H6/c1-3-7-11(8-4-1)9-5-2-6-10-11;1-2-6-10-8-4-3-7-9(10)5-1;1-2-5-9-7-3-6-8(9)4-1;1-3-7-5-2-6-8(7)4-1;1-2-4-6-8-7-5-3-1;1-2-7-4-3-6(1)5-7;3*1-2-4-6-5-3-1;2*1-2-4-5-3-1/h3,7H,1-2,4-6,8-10H2;1-8H2;3,6,8-9H,1-2,4-5,7H2;1,3-4,7H,2,5-6H2;1-8H;6-7H,1-5H2;1-2H,3-6H2;1-2,5-6H,3-4H2;1-4H,5-6H2;1-2H,3-5H2;1-4H,5H2/b;;;;2-1-,3-1?,4-2?,5-3-,6-4?,7-5?,8-6?,8-7?;;;;;;. The molecule has 5 fully saturated rings. The Labute approximate surface area is 500 Å². The van der Waals surface area contributed by atoms with Crippen LogP contribution in [0.1, 0.15) is 263 Å². The van der Waals surface area contributed by atoms with Crippen molar-refractivity contribution in [2.24, 2.45) is 35.0 Å². The third-order valence-electron chi connectivity index (χ3n) is 19.2. The molecule has 16 aliphatic carbocycles. The SMILES string of the molecule is C1=C/C=C\C=C/C=C1.C1=CC2(CCC1)CCCCC2.C1=CC2CCCC2=C1.C1=CC2CCCCC2C1.C1=CCC=C1.C1=CCC=CC1.C1=CCCC1.C1=CCCC=C1.C1=CCCCC1.C1CC2CCC1C2.C1CCC2=C(C1)CCCC2. The Hall–Kier alpha value is -4.42. The summed E-state index contributed by atoms with van der Waals surface area (Å²) in [6, 6.07) is 0. The molecule has 0 radical (unpaired) electrons. The molecule has 0 N–H and O–H groups in total. The minimum absolute atomic E-state index is 0.677. The lowest BCUT2D eigenvalue weighted by Gasteiger charge is -2.36. The normalized spacial score (nSPS) is 28.2. The molecule has 0 aromatic heterocycles. The lowest BCUT2D eigenvalue weighted by Crippen LogP contribution is -2.23. The highest BCUT2D eigenvalue weighted by molar-refractivity contribution is 5.29. The molecule has 0 amide bonds. The Kier molecular flexibility index (Phi) is 35.8. The molecular weight excluding hydrogens is 973 g/mol. The third kappa shape index (κ3) is 30.1. The second-order valence-corrected chi connectivity index (χ2v) is 25.6. The lowest BCUT2D eigenvalue weighted by molar-refractivity contribution is 0.226. The van der Waals surface area contributed by atoms with E-state index in [1.54, 1.807) is 37.7 Å². The summed E-state index contributed by atoms with van der Waals surface area (Å²) in [6.45, 7) is 0. The van der Waals surface area contributed by atoms with Crippen molar-refractivity contribution < 1.29 is 0 Å². The van der Waals surface area contributed by atoms with E-state index in [2.05, 4.69) is 140 Å². The molecule has 1 spiro atoms. The monoisotopic (exact) mass is 1090 g/mol. The Bertz CT molecular complexity index is 2020. The quantitative estimate of drug-likeness (QED) is 0.212. The van der Waals surface area contributed by atoms with E-state index in [0.29, 0.717) is 5.41 Å². The van der Waals surface area contributed by atoms with Gasteiger partial charge in [-0.3, -0.25) is 0 Å². The van der Waals surface area contributed by atoms with Gasteiger partial charge in [-0.2, -0.15) is 0 Å². The van der Waals surface area contributed by atoms with Gasteiger partial charge in [0.25, 0.3) is 0 Å². The van der Waals surface area contributed by atoms with Crippen LogP contribution >= 0.6 is 0 Å². The molecule has 3 unspecified atom stereocenters. The van der Waals surface area contributed by atoms with Gasteiger partial charge in [0.05, 0.1) is 0 Å². The summed E-state index contributed by atoms with van der Waals surface area (Å²) in [5.41, 5.74) is 6.04. The minimum atomic E-state index is 0.677. The summed E-state index contributed by atoms with van der Waals surface area (Å²) in [5.74, 6) is 5.24. The Morgan fingerprint density at radius 2 is 0.802 bits per heavy atom. The van der Waals surface area contributed by atoms with E-state index < -0.39 is 0 Å². The molecule has 0 heteroatoms. The highest BCUT2D eigenvalue weighted by atomic mass is 14.4. The number of hydrogen-bond donors (Lipinski definition) is 0. The van der Waals surface area contributed by atoms with Crippen LogP contribution in [0.5, 0.6) is 0 Å². The van der Waals surface area contributed by atoms with Crippen molar-refractivity contribution in [3.8, 4) is 0 Å². The second-order valence-electron chi connectivity index (χ2n) is 25.6. The summed E-state index contributed by atoms with van der Waals surface area (Å²) >= 11 is 0. The fourth-order valence-corrected chi connectivity index (χ4v) is 14.3. The summed E-state index contributed by atoms with van der Waals surface area (Å²) < 4.78 is 0. The van der Waals surface area contributed by atoms with E-state index in [0.717, 1.165) is 37.0 Å². The highest BCUT2D eigenvalue weighted by Crippen LogP contribution is 2.45. The third-order valence-corrected chi connectivity index (χ3v) is 19.2. The lowest BCUT2D eigenvalue weighted by atomic mass is 9.69. The van der Waals surface area contributed by atoms with Gasteiger partial charge in [0, 0.05) is 0 Å². The van der Waals surface area contributed by atoms with Gasteiger partial charge in [-0.15, -0.1) is 0 Å². The Morgan fingerprint density at radius 1 is 0.309 bits per heavy atom. The van der Waals surface area contributed by atoms with Gasteiger partial charge in [0.15, 0.2) is 0 Å². The van der Waals surface area contributed by atoms with Crippen molar-refractivity contribution in [2.75, 3.05) is 0 Å². The predicted octanol–water partition coefficient (Wildman–Crippen LogP) is 25.7. The van der Waals surface area contributed by atoms with Crippen molar-refractivity contribution in [2.45, 2.75) is 263 Å². The number of hydrogen-bond acceptors (Lipinski definition) is 0. The average molecular weight is 1090 g/mol. The molecule has 0 heterocycles. The van der Waals surface area contributed by atoms with Crippen LogP contribution < -0.4 is 0 Å². The van der Waals surface area contributed by atoms with Crippen molar-refractivity contribution in [3.05, 3.63) is 205 Å². The number of fused-ring (bicyclic) bond motifs is 4. The topological polar surface area (TPSA) is 0 Å². The molecule has 5 saturated carbocycles. The average Bonchev–Trinajstić information content (AvgIpc) is 4.40. The van der Waals surface area contributed by atoms with Crippen LogP contribution in [-0.4, -0.2) is 0 Å². The van der Waals surface area contributed by atoms with Crippen LogP contribution in [0, 0.1) is 35.0 Å². The van der Waals surface area contributed by atoms with Crippen LogP contribution in [0.2, 0.25) is 0 Å². The van der Waals surface area contributed by atoms with Gasteiger partial charge in [0.1, 0.15) is 0 Å². The zero-order valence-electron chi connectivity index (χ0n) is 51.8. The second kappa shape index (κ2) is 44.1. The molecule has 0 aliphatic heterocycles. The Balaban J connectivity index is 0.000000145. The maximum Gasteiger partial charge on any atom is -0.00169 e. The molecule has 16 aliphatic rings. The van der Waals surface area contributed by atoms with Crippen LogP contribution in [0.15, 0.2) is 205 Å². The number of allylic oxidation sites excluding steroid dienone is 34. The van der Waals surface area contributed by atoms with Crippen molar-refractivity contribution >= 4 is 0 Å². The van der Waals surface area contributed by atoms with Crippen LogP contribution in [-0.2, 0) is 0 Å². The van der Waals surface area contributed by atoms with Gasteiger partial charge in [-0.25, -0.2) is 0 Å². The zero-order chi connectivity index (χ0) is 56.0. The van der Waals surface area contributed by atoms with E-state index in [4.69, 9.17) is 0 Å². The zero-order valence-corrected chi connectivity index (χ0v) is 51.8. The fourth-order valence-electron chi connectivity index (χ4n) is 14.3. The molecule has 2 bridgehead atoms. The molecule has 0 saturated heterocycles.